The van der Waals surface area contributed by atoms with Crippen LogP contribution in [0.25, 0.3) is 0 Å². The fraction of sp³-hybridized carbons (Fsp3) is 0.522. The molecule has 0 bridgehead atoms. The lowest BCUT2D eigenvalue weighted by molar-refractivity contribution is -0.0822. The summed E-state index contributed by atoms with van der Waals surface area (Å²) in [5, 5.41) is 0. The standard InChI is InChI=1S/C23H30FN3O4S/c1-4-27-11-9-16-13-21(22(31-3)25-20(16)10-12-27)26-32(28,29)19-7-5-17(6-8-19)23(24)14-18(15-23)30-2/h5-8,13,18,26H,4,9-12,14-15H2,1-3H3/t18-,23-. The molecule has 2 heterocycles. The largest absolute Gasteiger partial charge is 0.479 e. The summed E-state index contributed by atoms with van der Waals surface area (Å²) < 4.78 is 54.1. The second-order valence-electron chi connectivity index (χ2n) is 8.45. The van der Waals surface area contributed by atoms with Crippen molar-refractivity contribution in [1.29, 1.82) is 0 Å². The van der Waals surface area contributed by atoms with Crippen molar-refractivity contribution < 1.29 is 22.3 Å². The Kier molecular flexibility index (Phi) is 6.42. The van der Waals surface area contributed by atoms with Gasteiger partial charge in [-0.05, 0) is 42.3 Å². The van der Waals surface area contributed by atoms with Crippen LogP contribution in [0.5, 0.6) is 5.88 Å². The number of nitrogens with one attached hydrogen (secondary N) is 1. The van der Waals surface area contributed by atoms with E-state index in [1.807, 2.05) is 6.07 Å². The summed E-state index contributed by atoms with van der Waals surface area (Å²) in [5.41, 5.74) is 1.27. The number of rotatable bonds is 7. The number of likely N-dealkylation sites (N-methyl/N-ethyl adjacent to an activating group) is 1. The van der Waals surface area contributed by atoms with Crippen LogP contribution in [0.4, 0.5) is 10.1 Å². The van der Waals surface area contributed by atoms with Crippen LogP contribution in [0.3, 0.4) is 0 Å². The maximum Gasteiger partial charge on any atom is 0.262 e. The molecular weight excluding hydrogens is 433 g/mol. The number of hydrogen-bond donors (Lipinski definition) is 1. The van der Waals surface area contributed by atoms with Crippen LogP contribution in [0.1, 0.15) is 36.6 Å². The van der Waals surface area contributed by atoms with Crippen molar-refractivity contribution in [1.82, 2.24) is 9.88 Å². The quantitative estimate of drug-likeness (QED) is 0.679. The number of alkyl halides is 1. The summed E-state index contributed by atoms with van der Waals surface area (Å²) >= 11 is 0. The van der Waals surface area contributed by atoms with E-state index in [9.17, 15) is 12.8 Å². The van der Waals surface area contributed by atoms with E-state index in [2.05, 4.69) is 21.5 Å². The van der Waals surface area contributed by atoms with E-state index in [1.165, 1.54) is 31.4 Å². The molecule has 7 nitrogen and oxygen atoms in total. The second-order valence-corrected chi connectivity index (χ2v) is 10.1. The lowest BCUT2D eigenvalue weighted by Gasteiger charge is -2.40. The predicted molar refractivity (Wildman–Crippen MR) is 120 cm³/mol. The van der Waals surface area contributed by atoms with Gasteiger partial charge in [0, 0.05) is 45.2 Å². The zero-order chi connectivity index (χ0) is 22.9. The van der Waals surface area contributed by atoms with E-state index in [4.69, 9.17) is 9.47 Å². The first kappa shape index (κ1) is 22.9. The first-order valence-corrected chi connectivity index (χ1v) is 12.4. The minimum atomic E-state index is -3.89. The van der Waals surface area contributed by atoms with E-state index in [0.717, 1.165) is 43.7 Å². The van der Waals surface area contributed by atoms with E-state index in [-0.39, 0.29) is 29.7 Å². The average Bonchev–Trinajstić information content (AvgIpc) is 2.97. The Bertz CT molecular complexity index is 1070. The molecule has 1 aromatic heterocycles. The summed E-state index contributed by atoms with van der Waals surface area (Å²) in [7, 11) is -0.849. The van der Waals surface area contributed by atoms with Crippen LogP contribution >= 0.6 is 0 Å². The van der Waals surface area contributed by atoms with Gasteiger partial charge < -0.3 is 14.4 Å². The van der Waals surface area contributed by atoms with Crippen molar-refractivity contribution in [3.63, 3.8) is 0 Å². The van der Waals surface area contributed by atoms with Crippen LogP contribution in [0.2, 0.25) is 0 Å². The van der Waals surface area contributed by atoms with Crippen molar-refractivity contribution >= 4 is 15.7 Å². The number of methoxy groups -OCH3 is 2. The number of halogens is 1. The van der Waals surface area contributed by atoms with Crippen molar-refractivity contribution in [2.75, 3.05) is 38.6 Å². The van der Waals surface area contributed by atoms with Crippen LogP contribution in [0.15, 0.2) is 35.2 Å². The van der Waals surface area contributed by atoms with Gasteiger partial charge in [0.15, 0.2) is 0 Å². The Hall–Kier alpha value is -2.23. The maximum atomic E-state index is 14.9. The minimum Gasteiger partial charge on any atom is -0.479 e. The summed E-state index contributed by atoms with van der Waals surface area (Å²) in [5.74, 6) is 0.247. The number of aromatic nitrogens is 1. The molecule has 0 amide bonds. The molecule has 174 valence electrons. The monoisotopic (exact) mass is 463 g/mol. The van der Waals surface area contributed by atoms with Crippen molar-refractivity contribution in [2.45, 2.75) is 49.3 Å². The summed E-state index contributed by atoms with van der Waals surface area (Å²) in [6.07, 6.45) is 2.05. The van der Waals surface area contributed by atoms with Crippen LogP contribution in [-0.2, 0) is 33.3 Å². The Balaban J connectivity index is 1.55. The van der Waals surface area contributed by atoms with E-state index < -0.39 is 15.7 Å². The van der Waals surface area contributed by atoms with Gasteiger partial charge in [0.1, 0.15) is 11.4 Å². The average molecular weight is 464 g/mol. The summed E-state index contributed by atoms with van der Waals surface area (Å²) in [6, 6.07) is 7.75. The van der Waals surface area contributed by atoms with Crippen molar-refractivity contribution in [3.05, 3.63) is 47.2 Å². The summed E-state index contributed by atoms with van der Waals surface area (Å²) in [6.45, 7) is 4.91. The van der Waals surface area contributed by atoms with Gasteiger partial charge in [0.25, 0.3) is 10.0 Å². The predicted octanol–water partition coefficient (Wildman–Crippen LogP) is 3.29. The molecule has 2 aromatic rings. The molecule has 1 saturated carbocycles. The number of pyridine rings is 1. The van der Waals surface area contributed by atoms with Crippen LogP contribution < -0.4 is 9.46 Å². The smallest absolute Gasteiger partial charge is 0.262 e. The highest BCUT2D eigenvalue weighted by molar-refractivity contribution is 7.92. The fourth-order valence-electron chi connectivity index (χ4n) is 4.41. The second kappa shape index (κ2) is 8.96. The van der Waals surface area contributed by atoms with Gasteiger partial charge in [-0.1, -0.05) is 19.1 Å². The van der Waals surface area contributed by atoms with Gasteiger partial charge in [-0.15, -0.1) is 0 Å². The van der Waals surface area contributed by atoms with Crippen LogP contribution in [-0.4, -0.2) is 58.3 Å². The molecule has 4 rings (SSSR count). The highest BCUT2D eigenvalue weighted by Gasteiger charge is 2.46. The zero-order valence-electron chi connectivity index (χ0n) is 18.7. The molecule has 0 atom stereocenters. The number of sulfonamides is 1. The Labute approximate surface area is 189 Å². The summed E-state index contributed by atoms with van der Waals surface area (Å²) in [4.78, 5) is 6.98. The Morgan fingerprint density at radius 1 is 1.19 bits per heavy atom. The molecule has 0 spiro atoms. The Morgan fingerprint density at radius 3 is 2.50 bits per heavy atom. The van der Waals surface area contributed by atoms with E-state index >= 15 is 0 Å². The molecule has 0 radical (unpaired) electrons. The molecule has 0 saturated heterocycles. The van der Waals surface area contributed by atoms with Gasteiger partial charge in [-0.2, -0.15) is 0 Å². The minimum absolute atomic E-state index is 0.0571. The SMILES string of the molecule is CCN1CCc2cc(NS(=O)(=O)c3ccc([C@]4(F)C[C@H](OC)C4)cc3)c(OC)nc2CC1. The molecule has 32 heavy (non-hydrogen) atoms. The first-order valence-electron chi connectivity index (χ1n) is 10.9. The number of benzene rings is 1. The number of hydrogen-bond acceptors (Lipinski definition) is 6. The van der Waals surface area contributed by atoms with Gasteiger partial charge >= 0.3 is 0 Å². The fourth-order valence-corrected chi connectivity index (χ4v) is 5.45. The van der Waals surface area contributed by atoms with Gasteiger partial charge in [-0.25, -0.2) is 17.8 Å². The van der Waals surface area contributed by atoms with E-state index in [0.29, 0.717) is 11.3 Å². The number of anilines is 1. The maximum absolute atomic E-state index is 14.9. The molecule has 2 aliphatic rings. The highest BCUT2D eigenvalue weighted by Crippen LogP contribution is 2.46. The zero-order valence-corrected chi connectivity index (χ0v) is 19.5. The van der Waals surface area contributed by atoms with Crippen LogP contribution in [0, 0.1) is 0 Å². The number of nitrogens with zero attached hydrogens (tertiary/aromatic N) is 2. The third kappa shape index (κ3) is 4.46. The normalized spacial score (nSPS) is 23.7. The highest BCUT2D eigenvalue weighted by atomic mass is 32.2. The first-order chi connectivity index (χ1) is 15.3. The molecular formula is C23H30FN3O4S. The third-order valence-corrected chi connectivity index (χ3v) is 7.90. The lowest BCUT2D eigenvalue weighted by atomic mass is 9.74. The number of fused-ring (bicyclic) bond motifs is 1. The molecule has 9 heteroatoms. The van der Waals surface area contributed by atoms with E-state index in [1.54, 1.807) is 7.11 Å². The van der Waals surface area contributed by atoms with Crippen molar-refractivity contribution in [2.24, 2.45) is 0 Å². The number of ether oxygens (including phenoxy) is 2. The van der Waals surface area contributed by atoms with Gasteiger partial charge in [-0.3, -0.25) is 4.72 Å². The molecule has 0 unspecified atom stereocenters. The molecule has 1 aliphatic heterocycles. The molecule has 1 aliphatic carbocycles. The third-order valence-electron chi connectivity index (χ3n) is 6.52. The lowest BCUT2D eigenvalue weighted by Crippen LogP contribution is -2.42. The molecule has 1 N–H and O–H groups in total. The van der Waals surface area contributed by atoms with Gasteiger partial charge in [0.05, 0.1) is 18.1 Å². The van der Waals surface area contributed by atoms with Gasteiger partial charge in [0.2, 0.25) is 5.88 Å². The van der Waals surface area contributed by atoms with Crippen molar-refractivity contribution in [3.8, 4) is 5.88 Å². The Morgan fingerprint density at radius 2 is 1.88 bits per heavy atom. The topological polar surface area (TPSA) is 80.8 Å². The molecule has 1 aromatic carbocycles. The molecule has 1 fully saturated rings.